The number of aryl methyl sites for hydroxylation is 1. The molecule has 0 saturated carbocycles. The summed E-state index contributed by atoms with van der Waals surface area (Å²) in [4.78, 5) is 4.28. The maximum Gasteiger partial charge on any atom is 0.130 e. The predicted octanol–water partition coefficient (Wildman–Crippen LogP) is 3.12. The van der Waals surface area contributed by atoms with Gasteiger partial charge in [-0.2, -0.15) is 5.26 Å². The summed E-state index contributed by atoms with van der Waals surface area (Å²) >= 11 is 5.89. The number of halogens is 1. The minimum absolute atomic E-state index is 0.0534. The molecule has 1 N–H and O–H groups in total. The highest BCUT2D eigenvalue weighted by molar-refractivity contribution is 6.31. The molecule has 2 aromatic rings. The van der Waals surface area contributed by atoms with Crippen molar-refractivity contribution in [3.63, 3.8) is 0 Å². The number of imidazole rings is 1. The summed E-state index contributed by atoms with van der Waals surface area (Å²) in [6.45, 7) is 2.02. The Bertz CT molecular complexity index is 597. The summed E-state index contributed by atoms with van der Waals surface area (Å²) in [7, 11) is 1.95. The molecule has 18 heavy (non-hydrogen) atoms. The zero-order valence-corrected chi connectivity index (χ0v) is 10.9. The Labute approximate surface area is 111 Å². The van der Waals surface area contributed by atoms with Crippen LogP contribution in [0, 0.1) is 11.3 Å². The van der Waals surface area contributed by atoms with Gasteiger partial charge in [0, 0.05) is 25.1 Å². The second kappa shape index (κ2) is 5.11. The van der Waals surface area contributed by atoms with Gasteiger partial charge in [-0.3, -0.25) is 0 Å². The van der Waals surface area contributed by atoms with Crippen LogP contribution in [-0.4, -0.2) is 9.55 Å². The van der Waals surface area contributed by atoms with Gasteiger partial charge in [-0.05, 0) is 25.1 Å². The average molecular weight is 261 g/mol. The molecule has 0 amide bonds. The van der Waals surface area contributed by atoms with Gasteiger partial charge in [0.2, 0.25) is 0 Å². The summed E-state index contributed by atoms with van der Waals surface area (Å²) in [5.41, 5.74) is 1.32. The molecule has 0 spiro atoms. The lowest BCUT2D eigenvalue weighted by molar-refractivity contribution is 0.722. The molecule has 0 aliphatic carbocycles. The number of hydrogen-bond donors (Lipinski definition) is 1. The van der Waals surface area contributed by atoms with E-state index in [1.165, 1.54) is 0 Å². The molecule has 1 unspecified atom stereocenters. The van der Waals surface area contributed by atoms with Crippen LogP contribution >= 0.6 is 11.6 Å². The molecule has 0 saturated heterocycles. The molecule has 1 heterocycles. The molecule has 0 aliphatic rings. The lowest BCUT2D eigenvalue weighted by atomic mass is 10.2. The first-order valence-electron chi connectivity index (χ1n) is 5.55. The SMILES string of the molecule is CC(Nc1ccc(Cl)c(C#N)c1)c1nccn1C. The molecule has 0 aliphatic heterocycles. The lowest BCUT2D eigenvalue weighted by Gasteiger charge is -2.15. The van der Waals surface area contributed by atoms with Gasteiger partial charge >= 0.3 is 0 Å². The smallest absolute Gasteiger partial charge is 0.130 e. The van der Waals surface area contributed by atoms with Gasteiger partial charge in [0.05, 0.1) is 16.6 Å². The normalized spacial score (nSPS) is 11.9. The number of nitrogens with zero attached hydrogens (tertiary/aromatic N) is 3. The van der Waals surface area contributed by atoms with Crippen LogP contribution in [0.5, 0.6) is 0 Å². The molecular formula is C13H13ClN4. The van der Waals surface area contributed by atoms with Gasteiger partial charge in [-0.1, -0.05) is 11.6 Å². The maximum absolute atomic E-state index is 8.93. The van der Waals surface area contributed by atoms with Gasteiger partial charge in [0.1, 0.15) is 11.9 Å². The van der Waals surface area contributed by atoms with E-state index in [-0.39, 0.29) is 6.04 Å². The molecule has 4 nitrogen and oxygen atoms in total. The minimum Gasteiger partial charge on any atom is -0.375 e. The Balaban J connectivity index is 2.20. The van der Waals surface area contributed by atoms with E-state index < -0.39 is 0 Å². The topological polar surface area (TPSA) is 53.6 Å². The van der Waals surface area contributed by atoms with Gasteiger partial charge in [-0.25, -0.2) is 4.98 Å². The second-order valence-electron chi connectivity index (χ2n) is 4.07. The number of nitrogens with one attached hydrogen (secondary N) is 1. The van der Waals surface area contributed by atoms with Gasteiger partial charge in [-0.15, -0.1) is 0 Å². The second-order valence-corrected chi connectivity index (χ2v) is 4.48. The van der Waals surface area contributed by atoms with E-state index in [4.69, 9.17) is 16.9 Å². The first-order valence-corrected chi connectivity index (χ1v) is 5.93. The molecule has 1 aromatic heterocycles. The van der Waals surface area contributed by atoms with E-state index in [1.54, 1.807) is 18.3 Å². The number of benzene rings is 1. The van der Waals surface area contributed by atoms with E-state index in [1.807, 2.05) is 30.8 Å². The molecule has 5 heteroatoms. The van der Waals surface area contributed by atoms with Crippen LogP contribution < -0.4 is 5.32 Å². The summed E-state index contributed by atoms with van der Waals surface area (Å²) in [5.74, 6) is 0.934. The quantitative estimate of drug-likeness (QED) is 0.923. The Morgan fingerprint density at radius 3 is 2.89 bits per heavy atom. The highest BCUT2D eigenvalue weighted by Gasteiger charge is 2.10. The summed E-state index contributed by atoms with van der Waals surface area (Å²) in [5, 5.41) is 12.7. The zero-order valence-electron chi connectivity index (χ0n) is 10.2. The third-order valence-electron chi connectivity index (χ3n) is 2.72. The number of aromatic nitrogens is 2. The highest BCUT2D eigenvalue weighted by atomic mass is 35.5. The Hall–Kier alpha value is -1.99. The number of hydrogen-bond acceptors (Lipinski definition) is 3. The van der Waals surface area contributed by atoms with Crippen molar-refractivity contribution < 1.29 is 0 Å². The van der Waals surface area contributed by atoms with Crippen molar-refractivity contribution in [3.05, 3.63) is 47.0 Å². The van der Waals surface area contributed by atoms with Crippen molar-refractivity contribution in [1.82, 2.24) is 9.55 Å². The van der Waals surface area contributed by atoms with Crippen molar-refractivity contribution >= 4 is 17.3 Å². The molecule has 2 rings (SSSR count). The number of anilines is 1. The fraction of sp³-hybridized carbons (Fsp3) is 0.231. The van der Waals surface area contributed by atoms with Crippen molar-refractivity contribution in [1.29, 1.82) is 5.26 Å². The molecular weight excluding hydrogens is 248 g/mol. The van der Waals surface area contributed by atoms with E-state index in [2.05, 4.69) is 16.4 Å². The molecule has 1 aromatic carbocycles. The van der Waals surface area contributed by atoms with Crippen LogP contribution in [0.25, 0.3) is 0 Å². The Kier molecular flexibility index (Phi) is 3.54. The monoisotopic (exact) mass is 260 g/mol. The van der Waals surface area contributed by atoms with E-state index in [9.17, 15) is 0 Å². The fourth-order valence-corrected chi connectivity index (χ4v) is 1.97. The van der Waals surface area contributed by atoms with Gasteiger partial charge in [0.25, 0.3) is 0 Å². The van der Waals surface area contributed by atoms with Crippen molar-refractivity contribution in [2.75, 3.05) is 5.32 Å². The van der Waals surface area contributed by atoms with Crippen LogP contribution in [0.1, 0.15) is 24.4 Å². The standard InChI is InChI=1S/C13H13ClN4/c1-9(13-16-5-6-18(13)2)17-11-3-4-12(14)10(7-11)8-15/h3-7,9,17H,1-2H3. The van der Waals surface area contributed by atoms with Crippen molar-refractivity contribution in [3.8, 4) is 6.07 Å². The first-order chi connectivity index (χ1) is 8.61. The highest BCUT2D eigenvalue weighted by Crippen LogP contribution is 2.23. The Morgan fingerprint density at radius 2 is 2.28 bits per heavy atom. The largest absolute Gasteiger partial charge is 0.375 e. The number of nitriles is 1. The van der Waals surface area contributed by atoms with Crippen molar-refractivity contribution in [2.45, 2.75) is 13.0 Å². The molecule has 0 fully saturated rings. The zero-order chi connectivity index (χ0) is 13.1. The van der Waals surface area contributed by atoms with E-state index >= 15 is 0 Å². The minimum atomic E-state index is 0.0534. The van der Waals surface area contributed by atoms with Crippen molar-refractivity contribution in [2.24, 2.45) is 7.05 Å². The summed E-state index contributed by atoms with van der Waals surface area (Å²) < 4.78 is 1.96. The third-order valence-corrected chi connectivity index (χ3v) is 3.05. The van der Waals surface area contributed by atoms with E-state index in [0.717, 1.165) is 11.5 Å². The van der Waals surface area contributed by atoms with Gasteiger partial charge in [0.15, 0.2) is 0 Å². The van der Waals surface area contributed by atoms with Crippen LogP contribution in [0.15, 0.2) is 30.6 Å². The van der Waals surface area contributed by atoms with E-state index in [0.29, 0.717) is 10.6 Å². The molecule has 0 radical (unpaired) electrons. The summed E-state index contributed by atoms with van der Waals surface area (Å²) in [6.07, 6.45) is 3.66. The van der Waals surface area contributed by atoms with Crippen LogP contribution in [0.2, 0.25) is 5.02 Å². The van der Waals surface area contributed by atoms with Crippen LogP contribution in [-0.2, 0) is 7.05 Å². The fourth-order valence-electron chi connectivity index (χ4n) is 1.81. The van der Waals surface area contributed by atoms with Crippen LogP contribution in [0.3, 0.4) is 0 Å². The molecule has 92 valence electrons. The molecule has 1 atom stereocenters. The summed E-state index contributed by atoms with van der Waals surface area (Å²) in [6, 6.07) is 7.42. The maximum atomic E-state index is 8.93. The van der Waals surface area contributed by atoms with Gasteiger partial charge < -0.3 is 9.88 Å². The molecule has 0 bridgehead atoms. The lowest BCUT2D eigenvalue weighted by Crippen LogP contribution is -2.11. The Morgan fingerprint density at radius 1 is 1.50 bits per heavy atom. The third kappa shape index (κ3) is 2.47. The predicted molar refractivity (Wildman–Crippen MR) is 71.4 cm³/mol. The first kappa shape index (κ1) is 12.5. The average Bonchev–Trinajstić information content (AvgIpc) is 2.78. The van der Waals surface area contributed by atoms with Crippen LogP contribution in [0.4, 0.5) is 5.69 Å². The number of rotatable bonds is 3.